The third-order valence-corrected chi connectivity index (χ3v) is 5.66. The van der Waals surface area contributed by atoms with Crippen molar-refractivity contribution in [1.82, 2.24) is 9.62 Å². The van der Waals surface area contributed by atoms with Crippen molar-refractivity contribution in [2.24, 2.45) is 0 Å². The quantitative estimate of drug-likeness (QED) is 0.911. The van der Waals surface area contributed by atoms with E-state index in [1.54, 1.807) is 27.0 Å². The molecular formula is C14H21FN2O3S. The maximum Gasteiger partial charge on any atom is 0.246 e. The fourth-order valence-corrected chi connectivity index (χ4v) is 4.28. The fraction of sp³-hybridized carbons (Fsp3) is 0.571. The lowest BCUT2D eigenvalue weighted by Gasteiger charge is -2.40. The van der Waals surface area contributed by atoms with Crippen LogP contribution in [0.25, 0.3) is 0 Å². The summed E-state index contributed by atoms with van der Waals surface area (Å²) in [6.45, 7) is 4.88. The third-order valence-electron chi connectivity index (χ3n) is 3.51. The average Bonchev–Trinajstić information content (AvgIpc) is 2.38. The largest absolute Gasteiger partial charge is 0.378 e. The number of nitrogens with zero attached hydrogens (tertiary/aromatic N) is 1. The van der Waals surface area contributed by atoms with E-state index in [1.807, 2.05) is 0 Å². The van der Waals surface area contributed by atoms with E-state index in [2.05, 4.69) is 5.32 Å². The highest BCUT2D eigenvalue weighted by Crippen LogP contribution is 2.29. The van der Waals surface area contributed by atoms with Crippen LogP contribution in [0.2, 0.25) is 0 Å². The van der Waals surface area contributed by atoms with Gasteiger partial charge in [0, 0.05) is 13.1 Å². The molecule has 0 aliphatic carbocycles. The lowest BCUT2D eigenvalue weighted by molar-refractivity contribution is -0.00779. The van der Waals surface area contributed by atoms with E-state index in [1.165, 1.54) is 16.4 Å². The molecule has 0 bridgehead atoms. The Kier molecular flexibility index (Phi) is 4.67. The van der Waals surface area contributed by atoms with Gasteiger partial charge in [-0.3, -0.25) is 0 Å². The molecule has 0 amide bonds. The molecule has 0 unspecified atom stereocenters. The summed E-state index contributed by atoms with van der Waals surface area (Å²) >= 11 is 0. The van der Waals surface area contributed by atoms with E-state index >= 15 is 0 Å². The van der Waals surface area contributed by atoms with Crippen LogP contribution in [0.5, 0.6) is 0 Å². The Morgan fingerprint density at radius 3 is 2.71 bits per heavy atom. The minimum atomic E-state index is -3.87. The smallest absolute Gasteiger partial charge is 0.246 e. The first kappa shape index (κ1) is 16.4. The van der Waals surface area contributed by atoms with Gasteiger partial charge in [-0.1, -0.05) is 6.07 Å². The number of ether oxygens (including phenoxy) is 1. The minimum Gasteiger partial charge on any atom is -0.378 e. The van der Waals surface area contributed by atoms with E-state index in [4.69, 9.17) is 4.74 Å². The van der Waals surface area contributed by atoms with Gasteiger partial charge in [0.2, 0.25) is 10.0 Å². The van der Waals surface area contributed by atoms with Gasteiger partial charge in [0.15, 0.2) is 0 Å². The van der Waals surface area contributed by atoms with Crippen molar-refractivity contribution >= 4 is 10.0 Å². The number of rotatable bonds is 4. The van der Waals surface area contributed by atoms with Crippen LogP contribution in [-0.2, 0) is 21.3 Å². The van der Waals surface area contributed by atoms with Crippen LogP contribution < -0.4 is 5.32 Å². The Balaban J connectivity index is 2.39. The van der Waals surface area contributed by atoms with Gasteiger partial charge >= 0.3 is 0 Å². The fourth-order valence-electron chi connectivity index (χ4n) is 2.48. The summed E-state index contributed by atoms with van der Waals surface area (Å²) in [4.78, 5) is -0.280. The van der Waals surface area contributed by atoms with Gasteiger partial charge in [0.25, 0.3) is 0 Å². The molecule has 118 valence electrons. The maximum absolute atomic E-state index is 14.2. The molecule has 0 atom stereocenters. The monoisotopic (exact) mass is 316 g/mol. The predicted molar refractivity (Wildman–Crippen MR) is 78.0 cm³/mol. The van der Waals surface area contributed by atoms with Crippen molar-refractivity contribution in [3.8, 4) is 0 Å². The second kappa shape index (κ2) is 6.00. The molecule has 0 saturated carbocycles. The van der Waals surface area contributed by atoms with Gasteiger partial charge in [-0.25, -0.2) is 12.8 Å². The van der Waals surface area contributed by atoms with Crippen molar-refractivity contribution in [2.75, 3.05) is 26.8 Å². The van der Waals surface area contributed by atoms with Crippen LogP contribution in [-0.4, -0.2) is 45.1 Å². The lowest BCUT2D eigenvalue weighted by atomic mass is 10.1. The Morgan fingerprint density at radius 1 is 1.43 bits per heavy atom. The Labute approximate surface area is 125 Å². The summed E-state index contributed by atoms with van der Waals surface area (Å²) in [6, 6.07) is 4.22. The number of benzene rings is 1. The van der Waals surface area contributed by atoms with Crippen LogP contribution in [0.15, 0.2) is 23.1 Å². The van der Waals surface area contributed by atoms with Gasteiger partial charge in [-0.15, -0.1) is 0 Å². The highest BCUT2D eigenvalue weighted by Gasteiger charge is 2.40. The number of morpholine rings is 1. The second-order valence-electron chi connectivity index (χ2n) is 5.74. The zero-order valence-corrected chi connectivity index (χ0v) is 13.3. The Bertz CT molecular complexity index is 617. The summed E-state index contributed by atoms with van der Waals surface area (Å²) in [5.74, 6) is -0.718. The molecule has 0 spiro atoms. The number of halogens is 1. The summed E-state index contributed by atoms with van der Waals surface area (Å²) in [7, 11) is -2.13. The zero-order chi connectivity index (χ0) is 15.7. The topological polar surface area (TPSA) is 58.6 Å². The molecule has 1 heterocycles. The van der Waals surface area contributed by atoms with Gasteiger partial charge in [-0.05, 0) is 38.6 Å². The number of nitrogens with one attached hydrogen (secondary N) is 1. The van der Waals surface area contributed by atoms with Crippen molar-refractivity contribution in [2.45, 2.75) is 30.8 Å². The van der Waals surface area contributed by atoms with Gasteiger partial charge in [0.1, 0.15) is 10.7 Å². The summed E-state index contributed by atoms with van der Waals surface area (Å²) in [6.07, 6.45) is 0. The summed E-state index contributed by atoms with van der Waals surface area (Å²) in [5, 5.41) is 2.90. The molecule has 2 rings (SSSR count). The van der Waals surface area contributed by atoms with E-state index in [9.17, 15) is 12.8 Å². The van der Waals surface area contributed by atoms with E-state index in [0.29, 0.717) is 25.3 Å². The summed E-state index contributed by atoms with van der Waals surface area (Å²) < 4.78 is 46.3. The van der Waals surface area contributed by atoms with Crippen LogP contribution >= 0.6 is 0 Å². The van der Waals surface area contributed by atoms with Crippen LogP contribution in [0.4, 0.5) is 4.39 Å². The third kappa shape index (κ3) is 3.26. The zero-order valence-electron chi connectivity index (χ0n) is 12.5. The first-order valence-electron chi connectivity index (χ1n) is 6.82. The van der Waals surface area contributed by atoms with Crippen LogP contribution in [0, 0.1) is 5.82 Å². The molecule has 5 nitrogen and oxygen atoms in total. The average molecular weight is 316 g/mol. The Hall–Kier alpha value is -1.02. The highest BCUT2D eigenvalue weighted by atomic mass is 32.2. The predicted octanol–water partition coefficient (Wildman–Crippen LogP) is 1.34. The first-order valence-corrected chi connectivity index (χ1v) is 8.26. The highest BCUT2D eigenvalue weighted by molar-refractivity contribution is 7.89. The number of hydrogen-bond donors (Lipinski definition) is 1. The van der Waals surface area contributed by atoms with E-state index in [0.717, 1.165) is 0 Å². The Morgan fingerprint density at radius 2 is 2.14 bits per heavy atom. The molecule has 1 fully saturated rings. The summed E-state index contributed by atoms with van der Waals surface area (Å²) in [5.41, 5.74) is 0.0165. The molecule has 21 heavy (non-hydrogen) atoms. The standard InChI is InChI=1S/C14H21FN2O3S/c1-14(2)10-20-7-6-17(14)21(18,19)13-5-4-11(9-16-3)8-12(13)15/h4-5,8,16H,6-7,9-10H2,1-3H3. The SMILES string of the molecule is CNCc1ccc(S(=O)(=O)N2CCOCC2(C)C)c(F)c1. The molecule has 1 aliphatic rings. The maximum atomic E-state index is 14.2. The second-order valence-corrected chi connectivity index (χ2v) is 7.57. The minimum absolute atomic E-state index is 0.229. The van der Waals surface area contributed by atoms with E-state index in [-0.39, 0.29) is 11.4 Å². The molecule has 0 aromatic heterocycles. The first-order chi connectivity index (χ1) is 9.79. The number of hydrogen-bond acceptors (Lipinski definition) is 4. The van der Waals surface area contributed by atoms with Crippen molar-refractivity contribution in [3.63, 3.8) is 0 Å². The molecule has 1 aromatic carbocycles. The van der Waals surface area contributed by atoms with Crippen molar-refractivity contribution < 1.29 is 17.5 Å². The van der Waals surface area contributed by atoms with Crippen molar-refractivity contribution in [3.05, 3.63) is 29.6 Å². The molecule has 1 aliphatic heterocycles. The van der Waals surface area contributed by atoms with Crippen LogP contribution in [0.1, 0.15) is 19.4 Å². The normalized spacial score (nSPS) is 19.6. The molecule has 0 radical (unpaired) electrons. The van der Waals surface area contributed by atoms with Gasteiger partial charge < -0.3 is 10.1 Å². The van der Waals surface area contributed by atoms with Crippen LogP contribution in [0.3, 0.4) is 0 Å². The molecule has 1 aromatic rings. The van der Waals surface area contributed by atoms with E-state index < -0.39 is 21.4 Å². The lowest BCUT2D eigenvalue weighted by Crippen LogP contribution is -2.55. The number of sulfonamides is 1. The van der Waals surface area contributed by atoms with Gasteiger partial charge in [-0.2, -0.15) is 4.31 Å². The van der Waals surface area contributed by atoms with Gasteiger partial charge in [0.05, 0.1) is 18.8 Å². The molecule has 1 saturated heterocycles. The molecule has 7 heteroatoms. The van der Waals surface area contributed by atoms with Crippen molar-refractivity contribution in [1.29, 1.82) is 0 Å². The molecule has 1 N–H and O–H groups in total. The molecular weight excluding hydrogens is 295 g/mol.